The first-order chi connectivity index (χ1) is 8.95. The summed E-state index contributed by atoms with van der Waals surface area (Å²) in [5, 5.41) is 3.09. The van der Waals surface area contributed by atoms with Crippen molar-refractivity contribution in [2.45, 2.75) is 49.8 Å². The van der Waals surface area contributed by atoms with Gasteiger partial charge in [-0.25, -0.2) is 8.42 Å². The largest absolute Gasteiger partial charge is 0.313 e. The van der Waals surface area contributed by atoms with E-state index in [1.807, 2.05) is 6.92 Å². The molecule has 0 aliphatic heterocycles. The number of halogens is 1. The Morgan fingerprint density at radius 3 is 2.42 bits per heavy atom. The van der Waals surface area contributed by atoms with Crippen LogP contribution in [0.3, 0.4) is 0 Å². The molecule has 0 aromatic heterocycles. The van der Waals surface area contributed by atoms with E-state index in [-0.39, 0.29) is 10.9 Å². The van der Waals surface area contributed by atoms with E-state index >= 15 is 0 Å². The maximum Gasteiger partial charge on any atom is 0.183 e. The third-order valence-corrected chi connectivity index (χ3v) is 6.01. The molecule has 0 heterocycles. The van der Waals surface area contributed by atoms with Crippen molar-refractivity contribution in [3.8, 4) is 0 Å². The molecule has 1 aromatic carbocycles. The van der Waals surface area contributed by atoms with Crippen LogP contribution in [0.2, 0.25) is 5.02 Å². The highest BCUT2D eigenvalue weighted by Gasteiger charge is 2.30. The van der Waals surface area contributed by atoms with Crippen LogP contribution in [0.25, 0.3) is 0 Å². The zero-order valence-electron chi connectivity index (χ0n) is 11.7. The van der Waals surface area contributed by atoms with Crippen molar-refractivity contribution >= 4 is 21.4 Å². The fourth-order valence-corrected chi connectivity index (χ4v) is 4.25. The standard InChI is InChI=1S/C14H22ClNO2S/c1-4-10-16-13(5-2)11(3)19(17,18)14-9-7-6-8-12(14)15/h6-9,11,13,16H,4-5,10H2,1-3H3. The Balaban J connectivity index is 3.02. The Kier molecular flexibility index (Phi) is 6.30. The third kappa shape index (κ3) is 3.94. The summed E-state index contributed by atoms with van der Waals surface area (Å²) >= 11 is 6.01. The molecule has 2 unspecified atom stereocenters. The molecule has 1 rings (SSSR count). The molecule has 3 nitrogen and oxygen atoms in total. The molecule has 2 atom stereocenters. The Hall–Kier alpha value is -0.580. The van der Waals surface area contributed by atoms with E-state index in [1.54, 1.807) is 31.2 Å². The zero-order chi connectivity index (χ0) is 14.5. The van der Waals surface area contributed by atoms with Crippen LogP contribution in [0, 0.1) is 0 Å². The van der Waals surface area contributed by atoms with E-state index in [0.717, 1.165) is 19.4 Å². The number of nitrogens with one attached hydrogen (secondary N) is 1. The van der Waals surface area contributed by atoms with Crippen molar-refractivity contribution in [1.82, 2.24) is 5.32 Å². The van der Waals surface area contributed by atoms with Crippen LogP contribution >= 0.6 is 11.6 Å². The lowest BCUT2D eigenvalue weighted by atomic mass is 10.1. The van der Waals surface area contributed by atoms with Crippen LogP contribution in [0.1, 0.15) is 33.6 Å². The van der Waals surface area contributed by atoms with E-state index in [1.165, 1.54) is 0 Å². The van der Waals surface area contributed by atoms with Gasteiger partial charge in [0.1, 0.15) is 0 Å². The molecule has 19 heavy (non-hydrogen) atoms. The summed E-state index contributed by atoms with van der Waals surface area (Å²) in [7, 11) is -3.41. The van der Waals surface area contributed by atoms with Gasteiger partial charge in [0.15, 0.2) is 9.84 Å². The normalized spacial score (nSPS) is 15.2. The van der Waals surface area contributed by atoms with E-state index in [9.17, 15) is 8.42 Å². The van der Waals surface area contributed by atoms with Gasteiger partial charge >= 0.3 is 0 Å². The fourth-order valence-electron chi connectivity index (χ4n) is 2.06. The second-order valence-electron chi connectivity index (χ2n) is 4.65. The van der Waals surface area contributed by atoms with Crippen molar-refractivity contribution in [2.24, 2.45) is 0 Å². The van der Waals surface area contributed by atoms with Crippen LogP contribution in [0.5, 0.6) is 0 Å². The highest BCUT2D eigenvalue weighted by molar-refractivity contribution is 7.92. The van der Waals surface area contributed by atoms with E-state index < -0.39 is 15.1 Å². The molecule has 5 heteroatoms. The highest BCUT2D eigenvalue weighted by atomic mass is 35.5. The Labute approximate surface area is 121 Å². The van der Waals surface area contributed by atoms with Crippen molar-refractivity contribution in [2.75, 3.05) is 6.54 Å². The van der Waals surface area contributed by atoms with Crippen molar-refractivity contribution in [3.05, 3.63) is 29.3 Å². The molecule has 0 spiro atoms. The topological polar surface area (TPSA) is 46.2 Å². The van der Waals surface area contributed by atoms with Crippen LogP contribution in [-0.2, 0) is 9.84 Å². The van der Waals surface area contributed by atoms with Gasteiger partial charge in [-0.1, -0.05) is 37.6 Å². The third-order valence-electron chi connectivity index (χ3n) is 3.30. The first-order valence-corrected chi connectivity index (χ1v) is 8.59. The molecule has 0 saturated carbocycles. The van der Waals surface area contributed by atoms with Gasteiger partial charge in [-0.05, 0) is 38.4 Å². The lowest BCUT2D eigenvalue weighted by Gasteiger charge is -2.24. The maximum atomic E-state index is 12.6. The summed E-state index contributed by atoms with van der Waals surface area (Å²) in [4.78, 5) is 0.223. The molecule has 1 N–H and O–H groups in total. The Bertz CT molecular complexity index is 502. The lowest BCUT2D eigenvalue weighted by molar-refractivity contribution is 0.472. The summed E-state index contributed by atoms with van der Waals surface area (Å²) in [6.07, 6.45) is 1.75. The van der Waals surface area contributed by atoms with Gasteiger partial charge in [-0.3, -0.25) is 0 Å². The van der Waals surface area contributed by atoms with Crippen molar-refractivity contribution in [1.29, 1.82) is 0 Å². The van der Waals surface area contributed by atoms with Crippen LogP contribution in [-0.4, -0.2) is 26.3 Å². The first-order valence-electron chi connectivity index (χ1n) is 6.66. The van der Waals surface area contributed by atoms with Gasteiger partial charge < -0.3 is 5.32 Å². The predicted octanol–water partition coefficient (Wildman–Crippen LogP) is 3.28. The lowest BCUT2D eigenvalue weighted by Crippen LogP contribution is -2.42. The molecule has 0 saturated heterocycles. The summed E-state index contributed by atoms with van der Waals surface area (Å²) < 4.78 is 25.2. The molecule has 0 aliphatic carbocycles. The quantitative estimate of drug-likeness (QED) is 0.841. The number of hydrogen-bond donors (Lipinski definition) is 1. The average Bonchev–Trinajstić information content (AvgIpc) is 2.39. The van der Waals surface area contributed by atoms with Crippen molar-refractivity contribution in [3.63, 3.8) is 0 Å². The molecule has 108 valence electrons. The predicted molar refractivity (Wildman–Crippen MR) is 80.5 cm³/mol. The van der Waals surface area contributed by atoms with Crippen LogP contribution < -0.4 is 5.32 Å². The second-order valence-corrected chi connectivity index (χ2v) is 7.33. The fraction of sp³-hybridized carbons (Fsp3) is 0.571. The molecular weight excluding hydrogens is 282 g/mol. The Morgan fingerprint density at radius 1 is 1.26 bits per heavy atom. The van der Waals surface area contributed by atoms with Gasteiger partial charge in [0.25, 0.3) is 0 Å². The number of rotatable bonds is 7. The molecule has 0 amide bonds. The highest BCUT2D eigenvalue weighted by Crippen LogP contribution is 2.26. The molecule has 0 fully saturated rings. The summed E-state index contributed by atoms with van der Waals surface area (Å²) in [5.74, 6) is 0. The average molecular weight is 304 g/mol. The Morgan fingerprint density at radius 2 is 1.89 bits per heavy atom. The van der Waals surface area contributed by atoms with Crippen molar-refractivity contribution < 1.29 is 8.42 Å². The minimum atomic E-state index is -3.41. The SMILES string of the molecule is CCCNC(CC)C(C)S(=O)(=O)c1ccccc1Cl. The van der Waals surface area contributed by atoms with Crippen LogP contribution in [0.4, 0.5) is 0 Å². The van der Waals surface area contributed by atoms with E-state index in [2.05, 4.69) is 12.2 Å². The number of hydrogen-bond acceptors (Lipinski definition) is 3. The summed E-state index contributed by atoms with van der Waals surface area (Å²) in [6.45, 7) is 6.62. The van der Waals surface area contributed by atoms with Gasteiger partial charge in [0.2, 0.25) is 0 Å². The first kappa shape index (κ1) is 16.5. The second kappa shape index (κ2) is 7.27. The van der Waals surface area contributed by atoms with E-state index in [0.29, 0.717) is 5.02 Å². The zero-order valence-corrected chi connectivity index (χ0v) is 13.3. The number of sulfone groups is 1. The molecule has 0 aliphatic rings. The minimum absolute atomic E-state index is 0.0544. The molecular formula is C14H22ClNO2S. The monoisotopic (exact) mass is 303 g/mol. The molecule has 0 radical (unpaired) electrons. The minimum Gasteiger partial charge on any atom is -0.313 e. The maximum absolute atomic E-state index is 12.6. The van der Waals surface area contributed by atoms with Crippen LogP contribution in [0.15, 0.2) is 29.2 Å². The molecule has 1 aromatic rings. The van der Waals surface area contributed by atoms with Gasteiger partial charge in [-0.15, -0.1) is 0 Å². The van der Waals surface area contributed by atoms with E-state index in [4.69, 9.17) is 11.6 Å². The van der Waals surface area contributed by atoms with Gasteiger partial charge in [-0.2, -0.15) is 0 Å². The van der Waals surface area contributed by atoms with Gasteiger partial charge in [0, 0.05) is 6.04 Å². The molecule has 0 bridgehead atoms. The summed E-state index contributed by atoms with van der Waals surface area (Å²) in [5.41, 5.74) is 0. The number of benzene rings is 1. The van der Waals surface area contributed by atoms with Gasteiger partial charge in [0.05, 0.1) is 15.2 Å². The summed E-state index contributed by atoms with van der Waals surface area (Å²) in [6, 6.07) is 6.56. The smallest absolute Gasteiger partial charge is 0.183 e.